The topological polar surface area (TPSA) is 72.9 Å². The zero-order chi connectivity index (χ0) is 21.8. The Bertz CT molecular complexity index is 1140. The van der Waals surface area contributed by atoms with Gasteiger partial charge in [-0.2, -0.15) is 8.42 Å². The Balaban J connectivity index is 1.44. The molecule has 31 heavy (non-hydrogen) atoms. The summed E-state index contributed by atoms with van der Waals surface area (Å²) >= 11 is 0. The summed E-state index contributed by atoms with van der Waals surface area (Å²) in [6.45, 7) is 2.85. The van der Waals surface area contributed by atoms with Crippen LogP contribution in [0.25, 0.3) is 0 Å². The smallest absolute Gasteiger partial charge is 0.339 e. The Labute approximate surface area is 182 Å². The van der Waals surface area contributed by atoms with Crippen LogP contribution in [0.5, 0.6) is 5.75 Å². The Morgan fingerprint density at radius 3 is 2.32 bits per heavy atom. The number of benzene rings is 3. The fourth-order valence-corrected chi connectivity index (χ4v) is 4.32. The quantitative estimate of drug-likeness (QED) is 0.548. The van der Waals surface area contributed by atoms with Crippen LogP contribution in [0.3, 0.4) is 0 Å². The summed E-state index contributed by atoms with van der Waals surface area (Å²) in [7, 11) is -3.90. The third-order valence-corrected chi connectivity index (χ3v) is 6.39. The van der Waals surface area contributed by atoms with E-state index in [1.54, 1.807) is 41.3 Å². The van der Waals surface area contributed by atoms with Crippen LogP contribution < -0.4 is 4.18 Å². The van der Waals surface area contributed by atoms with Gasteiger partial charge in [-0.15, -0.1) is 0 Å². The maximum absolute atomic E-state index is 12.5. The van der Waals surface area contributed by atoms with Crippen molar-refractivity contribution in [3.63, 3.8) is 0 Å². The highest BCUT2D eigenvalue weighted by atomic mass is 32.2. The third-order valence-electron chi connectivity index (χ3n) is 5.13. The van der Waals surface area contributed by atoms with Crippen LogP contribution in [-0.2, 0) is 26.2 Å². The zero-order valence-corrected chi connectivity index (χ0v) is 17.9. The fourth-order valence-electron chi connectivity index (χ4n) is 3.39. The lowest BCUT2D eigenvalue weighted by Gasteiger charge is -2.33. The molecule has 1 fully saturated rings. The average Bonchev–Trinajstić information content (AvgIpc) is 2.77. The molecule has 1 heterocycles. The predicted molar refractivity (Wildman–Crippen MR) is 116 cm³/mol. The van der Waals surface area contributed by atoms with Crippen molar-refractivity contribution in [2.45, 2.75) is 24.5 Å². The molecule has 7 heteroatoms. The number of ether oxygens (including phenoxy) is 1. The van der Waals surface area contributed by atoms with Gasteiger partial charge in [-0.05, 0) is 42.3 Å². The second kappa shape index (κ2) is 8.91. The van der Waals surface area contributed by atoms with Crippen molar-refractivity contribution in [3.05, 3.63) is 95.6 Å². The molecule has 0 bridgehead atoms. The molecule has 0 spiro atoms. The Hall–Kier alpha value is -3.16. The van der Waals surface area contributed by atoms with Crippen molar-refractivity contribution in [2.24, 2.45) is 0 Å². The zero-order valence-electron chi connectivity index (χ0n) is 17.1. The molecule has 0 unspecified atom stereocenters. The van der Waals surface area contributed by atoms with Gasteiger partial charge in [0.2, 0.25) is 5.91 Å². The lowest BCUT2D eigenvalue weighted by Crippen LogP contribution is -2.42. The van der Waals surface area contributed by atoms with Gasteiger partial charge in [0.25, 0.3) is 0 Å². The molecule has 1 amide bonds. The van der Waals surface area contributed by atoms with E-state index in [1.165, 1.54) is 12.1 Å². The molecule has 0 saturated carbocycles. The largest absolute Gasteiger partial charge is 0.379 e. The molecule has 0 radical (unpaired) electrons. The van der Waals surface area contributed by atoms with Crippen LogP contribution in [0.1, 0.15) is 22.8 Å². The van der Waals surface area contributed by atoms with Gasteiger partial charge in [-0.25, -0.2) is 0 Å². The molecule has 1 atom stereocenters. The second-order valence-corrected chi connectivity index (χ2v) is 9.03. The standard InChI is InChI=1S/C24H23NO5S/c1-18-7-13-22(14-8-18)31(27,28)30-21-11-9-20(10-12-21)23-16-25(24(26)17-29-23)15-19-5-3-2-4-6-19/h2-14,23H,15-17H2,1H3/t23-/m0/s1. The second-order valence-electron chi connectivity index (χ2n) is 7.48. The monoisotopic (exact) mass is 437 g/mol. The van der Waals surface area contributed by atoms with Crippen molar-refractivity contribution in [2.75, 3.05) is 13.2 Å². The minimum atomic E-state index is -3.90. The number of amides is 1. The number of hydrogen-bond acceptors (Lipinski definition) is 5. The fraction of sp³-hybridized carbons (Fsp3) is 0.208. The van der Waals surface area contributed by atoms with Gasteiger partial charge in [0.15, 0.2) is 0 Å². The van der Waals surface area contributed by atoms with Crippen molar-refractivity contribution in [1.82, 2.24) is 4.90 Å². The molecule has 1 aliphatic rings. The predicted octanol–water partition coefficient (Wildman–Crippen LogP) is 3.86. The van der Waals surface area contributed by atoms with Crippen LogP contribution in [0.2, 0.25) is 0 Å². The molecular formula is C24H23NO5S. The normalized spacial score (nSPS) is 16.9. The Kier molecular flexibility index (Phi) is 6.06. The first kappa shape index (κ1) is 21.1. The van der Waals surface area contributed by atoms with E-state index in [0.717, 1.165) is 16.7 Å². The van der Waals surface area contributed by atoms with E-state index in [0.29, 0.717) is 13.1 Å². The van der Waals surface area contributed by atoms with E-state index in [2.05, 4.69) is 0 Å². The van der Waals surface area contributed by atoms with Crippen molar-refractivity contribution < 1.29 is 22.1 Å². The first-order chi connectivity index (χ1) is 14.9. The highest BCUT2D eigenvalue weighted by Gasteiger charge is 2.27. The van der Waals surface area contributed by atoms with Crippen LogP contribution in [0.4, 0.5) is 0 Å². The molecule has 0 aliphatic carbocycles. The lowest BCUT2D eigenvalue weighted by atomic mass is 10.1. The molecule has 3 aromatic carbocycles. The van der Waals surface area contributed by atoms with E-state index in [1.807, 2.05) is 37.3 Å². The number of morpholine rings is 1. The maximum atomic E-state index is 12.5. The van der Waals surface area contributed by atoms with E-state index >= 15 is 0 Å². The molecule has 4 rings (SSSR count). The summed E-state index contributed by atoms with van der Waals surface area (Å²) in [6.07, 6.45) is -0.288. The van der Waals surface area contributed by atoms with E-state index in [4.69, 9.17) is 8.92 Å². The molecule has 0 N–H and O–H groups in total. The van der Waals surface area contributed by atoms with E-state index in [-0.39, 0.29) is 29.3 Å². The summed E-state index contributed by atoms with van der Waals surface area (Å²) in [5.74, 6) is 0.168. The Morgan fingerprint density at radius 1 is 0.968 bits per heavy atom. The van der Waals surface area contributed by atoms with Gasteiger partial charge < -0.3 is 13.8 Å². The van der Waals surface area contributed by atoms with Gasteiger partial charge in [0.1, 0.15) is 23.4 Å². The summed E-state index contributed by atoms with van der Waals surface area (Å²) in [6, 6.07) is 23.0. The minimum absolute atomic E-state index is 0.0115. The van der Waals surface area contributed by atoms with Crippen LogP contribution in [0.15, 0.2) is 83.8 Å². The van der Waals surface area contributed by atoms with Crippen LogP contribution in [0, 0.1) is 6.92 Å². The lowest BCUT2D eigenvalue weighted by molar-refractivity contribution is -0.150. The van der Waals surface area contributed by atoms with E-state index < -0.39 is 10.1 Å². The highest BCUT2D eigenvalue weighted by molar-refractivity contribution is 7.87. The number of aryl methyl sites for hydroxylation is 1. The first-order valence-electron chi connectivity index (χ1n) is 9.95. The number of carbonyl (C=O) groups is 1. The van der Waals surface area contributed by atoms with Gasteiger partial charge in [0, 0.05) is 6.54 Å². The first-order valence-corrected chi connectivity index (χ1v) is 11.4. The molecule has 3 aromatic rings. The number of nitrogens with zero attached hydrogens (tertiary/aromatic N) is 1. The summed E-state index contributed by atoms with van der Waals surface area (Å²) in [4.78, 5) is 14.1. The van der Waals surface area contributed by atoms with Gasteiger partial charge in [0.05, 0.1) is 6.54 Å². The van der Waals surface area contributed by atoms with Crippen molar-refractivity contribution in [1.29, 1.82) is 0 Å². The molecule has 1 aliphatic heterocycles. The summed E-state index contributed by atoms with van der Waals surface area (Å²) < 4.78 is 35.9. The van der Waals surface area contributed by atoms with Gasteiger partial charge in [-0.3, -0.25) is 4.79 Å². The van der Waals surface area contributed by atoms with Crippen molar-refractivity contribution >= 4 is 16.0 Å². The molecule has 160 valence electrons. The molecular weight excluding hydrogens is 414 g/mol. The third kappa shape index (κ3) is 5.13. The maximum Gasteiger partial charge on any atom is 0.339 e. The van der Waals surface area contributed by atoms with Gasteiger partial charge >= 0.3 is 10.1 Å². The van der Waals surface area contributed by atoms with E-state index in [9.17, 15) is 13.2 Å². The minimum Gasteiger partial charge on any atom is -0.379 e. The van der Waals surface area contributed by atoms with Crippen molar-refractivity contribution in [3.8, 4) is 5.75 Å². The summed E-state index contributed by atoms with van der Waals surface area (Å²) in [5, 5.41) is 0. The summed E-state index contributed by atoms with van der Waals surface area (Å²) in [5.41, 5.74) is 2.88. The van der Waals surface area contributed by atoms with Gasteiger partial charge in [-0.1, -0.05) is 60.2 Å². The number of carbonyl (C=O) groups excluding carboxylic acids is 1. The Morgan fingerprint density at radius 2 is 1.65 bits per heavy atom. The van der Waals surface area contributed by atoms with Crippen LogP contribution in [-0.4, -0.2) is 32.4 Å². The van der Waals surface area contributed by atoms with Crippen LogP contribution >= 0.6 is 0 Å². The average molecular weight is 438 g/mol. The molecule has 6 nitrogen and oxygen atoms in total. The number of hydrogen-bond donors (Lipinski definition) is 0. The number of rotatable bonds is 6. The molecule has 1 saturated heterocycles. The highest BCUT2D eigenvalue weighted by Crippen LogP contribution is 2.27. The molecule has 0 aromatic heterocycles. The SMILES string of the molecule is Cc1ccc(S(=O)(=O)Oc2ccc([C@@H]3CN(Cc4ccccc4)C(=O)CO3)cc2)cc1.